The van der Waals surface area contributed by atoms with Gasteiger partial charge in [-0.25, -0.2) is 0 Å². The molecule has 2 amide bonds. The number of benzene rings is 3. The molecule has 1 saturated heterocycles. The minimum absolute atomic E-state index is 0.0296. The number of carbonyl (C=O) groups is 2. The zero-order chi connectivity index (χ0) is 27.7. The topological polar surface area (TPSA) is 69.6 Å². The summed E-state index contributed by atoms with van der Waals surface area (Å²) in [5.74, 6) is -1.14. The Kier molecular flexibility index (Phi) is 7.39. The normalized spacial score (nSPS) is 14.8. The van der Waals surface area contributed by atoms with E-state index in [1.165, 1.54) is 0 Å². The van der Waals surface area contributed by atoms with Gasteiger partial charge < -0.3 is 15.3 Å². The van der Waals surface area contributed by atoms with Crippen LogP contribution in [0.2, 0.25) is 0 Å². The maximum atomic E-state index is 13.1. The second kappa shape index (κ2) is 10.4. The van der Waals surface area contributed by atoms with Crippen LogP contribution in [-0.4, -0.2) is 41.0 Å². The molecule has 4 rings (SSSR count). The Morgan fingerprint density at radius 2 is 1.21 bits per heavy atom. The molecule has 0 radical (unpaired) electrons. The number of halogens is 6. The molecule has 0 bridgehead atoms. The van der Waals surface area contributed by atoms with Gasteiger partial charge in [0.1, 0.15) is 5.75 Å². The molecule has 5 nitrogen and oxygen atoms in total. The molecule has 3 aromatic carbocycles. The number of piperidine rings is 1. The van der Waals surface area contributed by atoms with Gasteiger partial charge in [0, 0.05) is 30.3 Å². The van der Waals surface area contributed by atoms with E-state index in [0.717, 1.165) is 11.1 Å². The quantitative estimate of drug-likeness (QED) is 0.394. The van der Waals surface area contributed by atoms with Crippen LogP contribution in [0.4, 0.5) is 26.3 Å². The Balaban J connectivity index is 1.38. The largest absolute Gasteiger partial charge is 0.508 e. The molecule has 0 spiro atoms. The third-order valence-electron chi connectivity index (χ3n) is 6.30. The predicted octanol–water partition coefficient (Wildman–Crippen LogP) is 6.13. The van der Waals surface area contributed by atoms with E-state index >= 15 is 0 Å². The summed E-state index contributed by atoms with van der Waals surface area (Å²) in [5, 5.41) is 11.9. The molecule has 38 heavy (non-hydrogen) atoms. The highest BCUT2D eigenvalue weighted by atomic mass is 19.4. The summed E-state index contributed by atoms with van der Waals surface area (Å²) in [7, 11) is 0. The summed E-state index contributed by atoms with van der Waals surface area (Å²) in [6, 6.07) is 13.7. The molecule has 0 saturated carbocycles. The van der Waals surface area contributed by atoms with Crippen molar-refractivity contribution in [1.82, 2.24) is 10.2 Å². The lowest BCUT2D eigenvalue weighted by Gasteiger charge is -2.32. The second-order valence-electron chi connectivity index (χ2n) is 8.96. The SMILES string of the molecule is O=C(NC1CCN(C(=O)c2ccc(-c3ccc(O)cc3)cc2)CC1)c1cc(C(F)(F)F)cc(C(F)(F)F)c1. The molecular formula is C27H22F6N2O3. The van der Waals surface area contributed by atoms with E-state index in [4.69, 9.17) is 0 Å². The van der Waals surface area contributed by atoms with Crippen LogP contribution in [0.3, 0.4) is 0 Å². The van der Waals surface area contributed by atoms with E-state index in [1.807, 2.05) is 0 Å². The number of hydrogen-bond acceptors (Lipinski definition) is 3. The third kappa shape index (κ3) is 6.27. The van der Waals surface area contributed by atoms with Crippen molar-refractivity contribution < 1.29 is 41.0 Å². The van der Waals surface area contributed by atoms with Crippen LogP contribution in [0.5, 0.6) is 5.75 Å². The first-order chi connectivity index (χ1) is 17.8. The van der Waals surface area contributed by atoms with Crippen LogP contribution in [0.25, 0.3) is 11.1 Å². The summed E-state index contributed by atoms with van der Waals surface area (Å²) in [4.78, 5) is 27.0. The van der Waals surface area contributed by atoms with Gasteiger partial charge in [-0.2, -0.15) is 26.3 Å². The molecule has 1 aliphatic rings. The van der Waals surface area contributed by atoms with Crippen molar-refractivity contribution in [3.8, 4) is 16.9 Å². The molecule has 200 valence electrons. The summed E-state index contributed by atoms with van der Waals surface area (Å²) in [5.41, 5.74) is -1.70. The maximum Gasteiger partial charge on any atom is 0.416 e. The van der Waals surface area contributed by atoms with Gasteiger partial charge in [0.05, 0.1) is 11.1 Å². The van der Waals surface area contributed by atoms with E-state index in [9.17, 15) is 41.0 Å². The number of phenols is 1. The van der Waals surface area contributed by atoms with Gasteiger partial charge in [0.15, 0.2) is 0 Å². The summed E-state index contributed by atoms with van der Waals surface area (Å²) >= 11 is 0. The van der Waals surface area contributed by atoms with Crippen molar-refractivity contribution in [3.63, 3.8) is 0 Å². The number of nitrogens with zero attached hydrogens (tertiary/aromatic N) is 1. The zero-order valence-corrected chi connectivity index (χ0v) is 19.7. The highest BCUT2D eigenvalue weighted by molar-refractivity contribution is 5.95. The Morgan fingerprint density at radius 1 is 0.737 bits per heavy atom. The molecule has 2 N–H and O–H groups in total. The van der Waals surface area contributed by atoms with E-state index in [0.29, 0.717) is 17.7 Å². The van der Waals surface area contributed by atoms with E-state index in [2.05, 4.69) is 5.32 Å². The number of carbonyl (C=O) groups excluding carboxylic acids is 2. The number of alkyl halides is 6. The van der Waals surface area contributed by atoms with Crippen LogP contribution in [0, 0.1) is 0 Å². The van der Waals surface area contributed by atoms with Crippen molar-refractivity contribution >= 4 is 11.8 Å². The lowest BCUT2D eigenvalue weighted by molar-refractivity contribution is -0.143. The first-order valence-corrected chi connectivity index (χ1v) is 11.6. The van der Waals surface area contributed by atoms with Crippen LogP contribution in [0.1, 0.15) is 44.7 Å². The van der Waals surface area contributed by atoms with Crippen molar-refractivity contribution in [1.29, 1.82) is 0 Å². The smallest absolute Gasteiger partial charge is 0.416 e. The van der Waals surface area contributed by atoms with Gasteiger partial charge in [0.25, 0.3) is 11.8 Å². The van der Waals surface area contributed by atoms with Crippen molar-refractivity contribution in [2.24, 2.45) is 0 Å². The van der Waals surface area contributed by atoms with E-state index in [1.54, 1.807) is 53.4 Å². The molecule has 1 fully saturated rings. The third-order valence-corrected chi connectivity index (χ3v) is 6.30. The minimum atomic E-state index is -5.05. The Bertz CT molecular complexity index is 1280. The van der Waals surface area contributed by atoms with Gasteiger partial charge in [-0.15, -0.1) is 0 Å². The monoisotopic (exact) mass is 536 g/mol. The average molecular weight is 536 g/mol. The number of rotatable bonds is 4. The molecule has 0 unspecified atom stereocenters. The van der Waals surface area contributed by atoms with Crippen molar-refractivity contribution in [2.45, 2.75) is 31.2 Å². The Labute approximate surface area is 213 Å². The first-order valence-electron chi connectivity index (χ1n) is 11.6. The number of aromatic hydroxyl groups is 1. The summed E-state index contributed by atoms with van der Waals surface area (Å²) < 4.78 is 78.6. The van der Waals surface area contributed by atoms with Gasteiger partial charge in [-0.3, -0.25) is 9.59 Å². The highest BCUT2D eigenvalue weighted by Crippen LogP contribution is 2.36. The van der Waals surface area contributed by atoms with E-state index < -0.39 is 41.0 Å². The number of phenolic OH excluding ortho intramolecular Hbond substituents is 1. The molecular weight excluding hydrogens is 514 g/mol. The fourth-order valence-corrected chi connectivity index (χ4v) is 4.22. The van der Waals surface area contributed by atoms with Gasteiger partial charge >= 0.3 is 12.4 Å². The number of hydrogen-bond donors (Lipinski definition) is 2. The molecule has 3 aromatic rings. The minimum Gasteiger partial charge on any atom is -0.508 e. The number of amides is 2. The number of nitrogens with one attached hydrogen (secondary N) is 1. The molecule has 0 aliphatic carbocycles. The fraction of sp³-hybridized carbons (Fsp3) is 0.259. The highest BCUT2D eigenvalue weighted by Gasteiger charge is 2.37. The average Bonchev–Trinajstić information content (AvgIpc) is 2.88. The molecule has 1 aliphatic heterocycles. The second-order valence-corrected chi connectivity index (χ2v) is 8.96. The molecule has 11 heteroatoms. The predicted molar refractivity (Wildman–Crippen MR) is 126 cm³/mol. The lowest BCUT2D eigenvalue weighted by atomic mass is 10.0. The van der Waals surface area contributed by atoms with Crippen LogP contribution in [-0.2, 0) is 12.4 Å². The van der Waals surface area contributed by atoms with Crippen LogP contribution in [0.15, 0.2) is 66.7 Å². The zero-order valence-electron chi connectivity index (χ0n) is 19.7. The van der Waals surface area contributed by atoms with Crippen molar-refractivity contribution in [3.05, 3.63) is 89.0 Å². The van der Waals surface area contributed by atoms with Gasteiger partial charge in [-0.05, 0) is 66.4 Å². The first kappa shape index (κ1) is 27.0. The fourth-order valence-electron chi connectivity index (χ4n) is 4.22. The molecule has 0 atom stereocenters. The van der Waals surface area contributed by atoms with Crippen LogP contribution >= 0.6 is 0 Å². The molecule has 1 heterocycles. The molecule has 0 aromatic heterocycles. The lowest BCUT2D eigenvalue weighted by Crippen LogP contribution is -2.46. The number of likely N-dealkylation sites (tertiary alicyclic amines) is 1. The summed E-state index contributed by atoms with van der Waals surface area (Å²) in [6.45, 7) is 0.500. The Morgan fingerprint density at radius 3 is 1.68 bits per heavy atom. The standard InChI is InChI=1S/C27H22F6N2O3/c28-26(29,30)20-13-19(14-21(15-20)27(31,32)33)24(37)34-22-9-11-35(12-10-22)25(38)18-3-1-16(2-4-18)17-5-7-23(36)8-6-17/h1-8,13-15,22,36H,9-12H2,(H,34,37). The van der Waals surface area contributed by atoms with Gasteiger partial charge in [0.2, 0.25) is 0 Å². The summed E-state index contributed by atoms with van der Waals surface area (Å²) in [6.07, 6.45) is -9.53. The van der Waals surface area contributed by atoms with Crippen LogP contribution < -0.4 is 5.32 Å². The van der Waals surface area contributed by atoms with E-state index in [-0.39, 0.29) is 43.7 Å². The Hall–Kier alpha value is -4.02. The van der Waals surface area contributed by atoms with Gasteiger partial charge in [-0.1, -0.05) is 24.3 Å². The van der Waals surface area contributed by atoms with Crippen molar-refractivity contribution in [2.75, 3.05) is 13.1 Å². The maximum absolute atomic E-state index is 13.1.